The van der Waals surface area contributed by atoms with Gasteiger partial charge in [0, 0.05) is 61.4 Å². The molecule has 0 bridgehead atoms. The highest BCUT2D eigenvalue weighted by Crippen LogP contribution is 2.38. The van der Waals surface area contributed by atoms with Gasteiger partial charge in [-0.05, 0) is 97.7 Å². The van der Waals surface area contributed by atoms with E-state index in [0.29, 0.717) is 0 Å². The number of hydrogen-bond donors (Lipinski definition) is 0. The SMILES string of the molecule is C=Cc1c2c(n(/C=C/C=C\C/C=C\C)c1C=C)/C=C\C=C/c1oc3cc4oc5ccc(C6=CCC=c7c(c8ccccc8n7-c7ccccc7)=C6)cc5c4cc3c1/C=C/C=C/2. The molecule has 0 saturated heterocycles. The Bertz CT molecular complexity index is 3440. The fraction of sp³-hybridized carbons (Fsp3) is 0.0526. The van der Waals surface area contributed by atoms with Crippen LogP contribution < -0.4 is 10.6 Å². The third-order valence-corrected chi connectivity index (χ3v) is 11.6. The molecule has 0 aliphatic heterocycles. The van der Waals surface area contributed by atoms with Crippen LogP contribution in [-0.2, 0) is 0 Å². The molecule has 4 aromatic carbocycles. The molecule has 4 heterocycles. The fourth-order valence-electron chi connectivity index (χ4n) is 8.78. The van der Waals surface area contributed by atoms with Crippen LogP contribution in [0.1, 0.15) is 59.2 Å². The van der Waals surface area contributed by atoms with Crippen LogP contribution in [0.5, 0.6) is 0 Å². The second kappa shape index (κ2) is 16.1. The van der Waals surface area contributed by atoms with Crippen LogP contribution in [0, 0.1) is 0 Å². The molecule has 294 valence electrons. The van der Waals surface area contributed by atoms with Gasteiger partial charge >= 0.3 is 0 Å². The van der Waals surface area contributed by atoms with Crippen LogP contribution in [0.25, 0.3) is 110 Å². The lowest BCUT2D eigenvalue weighted by molar-refractivity contribution is 0.601. The van der Waals surface area contributed by atoms with Gasteiger partial charge in [-0.25, -0.2) is 0 Å². The van der Waals surface area contributed by atoms with Crippen LogP contribution in [0.15, 0.2) is 168 Å². The Labute approximate surface area is 355 Å². The topological polar surface area (TPSA) is 36.1 Å². The predicted octanol–water partition coefficient (Wildman–Crippen LogP) is 14.2. The minimum absolute atomic E-state index is 0.776. The molecular formula is C57H44N2O2. The Hall–Kier alpha value is -7.82. The highest BCUT2D eigenvalue weighted by Gasteiger charge is 2.18. The number of fused-ring (bicyclic) bond motifs is 10. The zero-order valence-electron chi connectivity index (χ0n) is 34.1. The summed E-state index contributed by atoms with van der Waals surface area (Å²) in [5.74, 6) is 0.780. The second-order valence-corrected chi connectivity index (χ2v) is 15.2. The Morgan fingerprint density at radius 2 is 1.46 bits per heavy atom. The van der Waals surface area contributed by atoms with Crippen molar-refractivity contribution in [3.05, 3.63) is 209 Å². The van der Waals surface area contributed by atoms with Gasteiger partial charge < -0.3 is 18.0 Å². The monoisotopic (exact) mass is 788 g/mol. The summed E-state index contributed by atoms with van der Waals surface area (Å²) in [4.78, 5) is 0. The van der Waals surface area contributed by atoms with Gasteiger partial charge in [-0.1, -0.05) is 135 Å². The molecule has 2 aliphatic carbocycles. The van der Waals surface area contributed by atoms with Crippen LogP contribution in [0.3, 0.4) is 0 Å². The van der Waals surface area contributed by atoms with Gasteiger partial charge in [0.25, 0.3) is 0 Å². The number of rotatable bonds is 8. The number of furan rings is 2. The number of para-hydroxylation sites is 2. The summed E-state index contributed by atoms with van der Waals surface area (Å²) in [5.41, 5.74) is 12.3. The average Bonchev–Trinajstić information content (AvgIpc) is 3.95. The summed E-state index contributed by atoms with van der Waals surface area (Å²) in [6, 6.07) is 30.1. The lowest BCUT2D eigenvalue weighted by Gasteiger charge is -2.06. The van der Waals surface area contributed by atoms with Gasteiger partial charge in [0.15, 0.2) is 0 Å². The van der Waals surface area contributed by atoms with E-state index in [2.05, 4.69) is 192 Å². The molecule has 0 radical (unpaired) electrons. The van der Waals surface area contributed by atoms with Crippen molar-refractivity contribution < 1.29 is 8.83 Å². The van der Waals surface area contributed by atoms with Crippen molar-refractivity contribution in [3.63, 3.8) is 0 Å². The van der Waals surface area contributed by atoms with Gasteiger partial charge in [-0.3, -0.25) is 0 Å². The van der Waals surface area contributed by atoms with Gasteiger partial charge in [0.05, 0.1) is 22.3 Å². The first-order chi connectivity index (χ1) is 30.1. The maximum Gasteiger partial charge on any atom is 0.139 e. The van der Waals surface area contributed by atoms with Crippen molar-refractivity contribution >= 4 is 104 Å². The molecule has 0 saturated carbocycles. The molecule has 0 atom stereocenters. The molecule has 4 nitrogen and oxygen atoms in total. The van der Waals surface area contributed by atoms with E-state index < -0.39 is 0 Å². The third kappa shape index (κ3) is 6.69. The van der Waals surface area contributed by atoms with E-state index in [1.165, 1.54) is 27.0 Å². The van der Waals surface area contributed by atoms with E-state index in [0.717, 1.165) is 90.8 Å². The van der Waals surface area contributed by atoms with Crippen molar-refractivity contribution in [2.24, 2.45) is 0 Å². The van der Waals surface area contributed by atoms with E-state index in [-0.39, 0.29) is 0 Å². The number of nitrogens with zero attached hydrogens (tertiary/aromatic N) is 2. The molecule has 8 aromatic rings. The van der Waals surface area contributed by atoms with Crippen molar-refractivity contribution in [1.29, 1.82) is 0 Å². The standard InChI is InChI=1S/C57H44N2O2/c1-4-7-8-9-10-20-34-58-50(6-3)42(5-2)43-25-14-15-27-45-48-37-49-47-36-40(32-33-55(47)61-57(49)38-56(48)60-54(45)31-19-18-28-51(43)58)39-22-21-30-53-46(35-39)44-26-16-17-29-52(44)59(53)41-23-12-11-13-24-41/h4-7,9-20,22-38H,2-3,8,21H2,1H3/b7-4-,10-9-,15-14?,19-18?,25-14+,27-15+,28-18-,31-19-,34-20+,43-25?,45-27?,51-28?,54-31?. The molecule has 0 unspecified atom stereocenters. The lowest BCUT2D eigenvalue weighted by Crippen LogP contribution is -2.28. The first-order valence-electron chi connectivity index (χ1n) is 20.8. The van der Waals surface area contributed by atoms with Crippen molar-refractivity contribution in [1.82, 2.24) is 9.13 Å². The molecule has 61 heavy (non-hydrogen) atoms. The number of aromatic nitrogens is 2. The molecule has 10 rings (SSSR count). The quantitative estimate of drug-likeness (QED) is 0.114. The van der Waals surface area contributed by atoms with Gasteiger partial charge in [0.1, 0.15) is 22.5 Å². The molecule has 0 spiro atoms. The first-order valence-corrected chi connectivity index (χ1v) is 20.8. The Balaban J connectivity index is 1.04. The van der Waals surface area contributed by atoms with Gasteiger partial charge in [-0.15, -0.1) is 0 Å². The van der Waals surface area contributed by atoms with E-state index in [4.69, 9.17) is 8.83 Å². The fourth-order valence-corrected chi connectivity index (χ4v) is 8.78. The van der Waals surface area contributed by atoms with Gasteiger partial charge in [-0.2, -0.15) is 0 Å². The Morgan fingerprint density at radius 3 is 2.31 bits per heavy atom. The molecule has 2 aliphatic rings. The second-order valence-electron chi connectivity index (χ2n) is 15.2. The predicted molar refractivity (Wildman–Crippen MR) is 262 cm³/mol. The molecule has 4 heteroatoms. The summed E-state index contributed by atoms with van der Waals surface area (Å²) >= 11 is 0. The summed E-state index contributed by atoms with van der Waals surface area (Å²) in [6.07, 6.45) is 41.7. The molecule has 0 fully saturated rings. The van der Waals surface area contributed by atoms with E-state index in [1.54, 1.807) is 0 Å². The van der Waals surface area contributed by atoms with Crippen LogP contribution in [-0.4, -0.2) is 9.13 Å². The number of allylic oxidation sites excluding steroid dienone is 11. The summed E-state index contributed by atoms with van der Waals surface area (Å²) in [7, 11) is 0. The maximum atomic E-state index is 6.55. The first kappa shape index (κ1) is 37.5. The Morgan fingerprint density at radius 1 is 0.672 bits per heavy atom. The summed E-state index contributed by atoms with van der Waals surface area (Å²) in [5, 5.41) is 6.84. The van der Waals surface area contributed by atoms with Crippen LogP contribution in [0.2, 0.25) is 0 Å². The number of hydrogen-bond acceptors (Lipinski definition) is 2. The molecular weight excluding hydrogens is 745 g/mol. The van der Waals surface area contributed by atoms with Crippen molar-refractivity contribution in [2.45, 2.75) is 19.8 Å². The minimum Gasteiger partial charge on any atom is -0.456 e. The Kier molecular flexibility index (Phi) is 9.88. The van der Waals surface area contributed by atoms with E-state index in [9.17, 15) is 0 Å². The molecule has 4 aromatic heterocycles. The normalized spacial score (nSPS) is 16.1. The summed E-state index contributed by atoms with van der Waals surface area (Å²) < 4.78 is 17.6. The zero-order chi connectivity index (χ0) is 41.3. The maximum absolute atomic E-state index is 6.55. The van der Waals surface area contributed by atoms with Gasteiger partial charge in [0.2, 0.25) is 0 Å². The molecule has 0 N–H and O–H groups in total. The van der Waals surface area contributed by atoms with E-state index >= 15 is 0 Å². The third-order valence-electron chi connectivity index (χ3n) is 11.6. The van der Waals surface area contributed by atoms with Crippen LogP contribution in [0.4, 0.5) is 0 Å². The highest BCUT2D eigenvalue weighted by atomic mass is 16.3. The lowest BCUT2D eigenvalue weighted by atomic mass is 10.00. The van der Waals surface area contributed by atoms with Crippen molar-refractivity contribution in [2.75, 3.05) is 0 Å². The minimum atomic E-state index is 0.776. The zero-order valence-corrected chi connectivity index (χ0v) is 34.1. The number of benzene rings is 4. The molecule has 0 amide bonds. The average molecular weight is 789 g/mol. The highest BCUT2D eigenvalue weighted by molar-refractivity contribution is 6.12. The van der Waals surface area contributed by atoms with Crippen molar-refractivity contribution in [3.8, 4) is 5.69 Å². The van der Waals surface area contributed by atoms with E-state index in [1.807, 2.05) is 37.3 Å². The largest absolute Gasteiger partial charge is 0.456 e. The van der Waals surface area contributed by atoms with Crippen LogP contribution >= 0.6 is 0 Å². The summed E-state index contributed by atoms with van der Waals surface area (Å²) in [6.45, 7) is 10.3. The smallest absolute Gasteiger partial charge is 0.139 e.